The van der Waals surface area contributed by atoms with E-state index >= 15 is 0 Å². The Labute approximate surface area is 180 Å². The van der Waals surface area contributed by atoms with E-state index in [2.05, 4.69) is 25.3 Å². The van der Waals surface area contributed by atoms with Gasteiger partial charge in [0, 0.05) is 31.0 Å². The highest BCUT2D eigenvalue weighted by Crippen LogP contribution is 2.28. The molecule has 0 saturated heterocycles. The molecule has 8 nitrogen and oxygen atoms in total. The molecule has 0 bridgehead atoms. The lowest BCUT2D eigenvalue weighted by Crippen LogP contribution is -2.33. The van der Waals surface area contributed by atoms with Crippen molar-refractivity contribution in [3.05, 3.63) is 71.6 Å². The first-order valence-electron chi connectivity index (χ1n) is 10.2. The average molecular weight is 423 g/mol. The van der Waals surface area contributed by atoms with E-state index in [0.29, 0.717) is 17.5 Å². The number of likely N-dealkylation sites (N-methyl/N-ethyl adjacent to an activating group) is 2. The number of aromatic amines is 1. The van der Waals surface area contributed by atoms with Gasteiger partial charge in [0.25, 0.3) is 0 Å². The van der Waals surface area contributed by atoms with Crippen LogP contribution in [-0.4, -0.2) is 68.8 Å². The van der Waals surface area contributed by atoms with Crippen LogP contribution in [0, 0.1) is 12.7 Å². The lowest BCUT2D eigenvalue weighted by Gasteiger charge is -2.28. The topological polar surface area (TPSA) is 77.4 Å². The maximum atomic E-state index is 13.6. The van der Waals surface area contributed by atoms with Gasteiger partial charge in [-0.15, -0.1) is 0 Å². The summed E-state index contributed by atoms with van der Waals surface area (Å²) >= 11 is 0. The van der Waals surface area contributed by atoms with Crippen LogP contribution < -0.4 is 5.32 Å². The molecule has 0 fully saturated rings. The minimum atomic E-state index is -0.267. The number of nitrogens with zero attached hydrogens (tertiary/aromatic N) is 6. The van der Waals surface area contributed by atoms with Crippen LogP contribution in [0.15, 0.2) is 48.7 Å². The first-order valence-corrected chi connectivity index (χ1v) is 10.2. The summed E-state index contributed by atoms with van der Waals surface area (Å²) in [6.07, 6.45) is 1.89. The predicted molar refractivity (Wildman–Crippen MR) is 119 cm³/mol. The van der Waals surface area contributed by atoms with Gasteiger partial charge in [-0.25, -0.2) is 13.9 Å². The second kappa shape index (κ2) is 8.83. The van der Waals surface area contributed by atoms with Crippen LogP contribution >= 0.6 is 0 Å². The number of H-pyrrole nitrogens is 1. The number of aryl methyl sites for hydroxylation is 1. The number of fused-ring (bicyclic) bond motifs is 1. The first-order chi connectivity index (χ1) is 14.9. The van der Waals surface area contributed by atoms with Crippen molar-refractivity contribution >= 4 is 17.2 Å². The van der Waals surface area contributed by atoms with Crippen LogP contribution in [0.1, 0.15) is 23.1 Å². The fourth-order valence-corrected chi connectivity index (χ4v) is 3.50. The Hall–Kier alpha value is -3.30. The molecule has 0 radical (unpaired) electrons. The molecule has 0 spiro atoms. The standard InChI is InChI=1S/C22H27FN8/c1-15-14-19(27-26-15)24-21-18-6-5-11-31(18)28-22(25-21)20(30(4)13-12-29(2)3)16-7-9-17(23)10-8-16/h5-11,14,20H,12-13H2,1-4H3,(H2,24,25,26,27,28). The van der Waals surface area contributed by atoms with Gasteiger partial charge >= 0.3 is 0 Å². The fraction of sp³-hybridized carbons (Fsp3) is 0.318. The lowest BCUT2D eigenvalue weighted by molar-refractivity contribution is 0.236. The molecule has 3 heterocycles. The quantitative estimate of drug-likeness (QED) is 0.454. The molecule has 0 aliphatic carbocycles. The van der Waals surface area contributed by atoms with E-state index in [4.69, 9.17) is 10.1 Å². The van der Waals surface area contributed by atoms with E-state index in [0.717, 1.165) is 29.9 Å². The van der Waals surface area contributed by atoms with Gasteiger partial charge in [0.05, 0.1) is 6.04 Å². The van der Waals surface area contributed by atoms with Crippen molar-refractivity contribution in [1.29, 1.82) is 0 Å². The monoisotopic (exact) mass is 422 g/mol. The van der Waals surface area contributed by atoms with Crippen LogP contribution in [0.5, 0.6) is 0 Å². The third kappa shape index (κ3) is 4.73. The molecule has 4 rings (SSSR count). The summed E-state index contributed by atoms with van der Waals surface area (Å²) in [5.41, 5.74) is 2.73. The summed E-state index contributed by atoms with van der Waals surface area (Å²) in [5, 5.41) is 15.3. The zero-order valence-electron chi connectivity index (χ0n) is 18.2. The van der Waals surface area contributed by atoms with Crippen LogP contribution in [0.4, 0.5) is 16.0 Å². The van der Waals surface area contributed by atoms with Gasteiger partial charge in [-0.3, -0.25) is 10.00 Å². The van der Waals surface area contributed by atoms with Gasteiger partial charge in [-0.2, -0.15) is 10.2 Å². The van der Waals surface area contributed by atoms with Crippen LogP contribution in [0.3, 0.4) is 0 Å². The Balaban J connectivity index is 1.77. The van der Waals surface area contributed by atoms with Gasteiger partial charge in [0.15, 0.2) is 17.5 Å². The third-order valence-corrected chi connectivity index (χ3v) is 5.13. The third-order valence-electron chi connectivity index (χ3n) is 5.13. The molecule has 9 heteroatoms. The van der Waals surface area contributed by atoms with Gasteiger partial charge in [-0.05, 0) is 57.9 Å². The Kier molecular flexibility index (Phi) is 5.97. The molecular formula is C22H27FN8. The van der Waals surface area contributed by atoms with Crippen LogP contribution in [0.25, 0.3) is 5.52 Å². The molecule has 4 aromatic rings. The second-order valence-corrected chi connectivity index (χ2v) is 7.96. The average Bonchev–Trinajstić information content (AvgIpc) is 3.37. The minimum Gasteiger partial charge on any atom is -0.322 e. The van der Waals surface area contributed by atoms with E-state index in [1.54, 1.807) is 16.6 Å². The lowest BCUT2D eigenvalue weighted by atomic mass is 10.0. The van der Waals surface area contributed by atoms with Gasteiger partial charge in [-0.1, -0.05) is 12.1 Å². The molecule has 0 aliphatic rings. The Bertz CT molecular complexity index is 1150. The number of halogens is 1. The van der Waals surface area contributed by atoms with E-state index in [9.17, 15) is 4.39 Å². The Morgan fingerprint density at radius 1 is 1.13 bits per heavy atom. The molecule has 1 aromatic carbocycles. The molecule has 31 heavy (non-hydrogen) atoms. The summed E-state index contributed by atoms with van der Waals surface area (Å²) < 4.78 is 15.4. The number of benzene rings is 1. The Morgan fingerprint density at radius 3 is 2.58 bits per heavy atom. The molecular weight excluding hydrogens is 395 g/mol. The van der Waals surface area contributed by atoms with Crippen molar-refractivity contribution < 1.29 is 4.39 Å². The van der Waals surface area contributed by atoms with Gasteiger partial charge < -0.3 is 10.2 Å². The largest absolute Gasteiger partial charge is 0.322 e. The number of hydrogen-bond donors (Lipinski definition) is 2. The Morgan fingerprint density at radius 2 is 1.90 bits per heavy atom. The molecule has 0 aliphatic heterocycles. The molecule has 0 saturated carbocycles. The second-order valence-electron chi connectivity index (χ2n) is 7.96. The molecule has 0 amide bonds. The zero-order valence-corrected chi connectivity index (χ0v) is 18.2. The zero-order chi connectivity index (χ0) is 22.0. The molecule has 162 valence electrons. The van der Waals surface area contributed by atoms with E-state index in [1.165, 1.54) is 12.1 Å². The first kappa shape index (κ1) is 21.0. The fourth-order valence-electron chi connectivity index (χ4n) is 3.50. The highest BCUT2D eigenvalue weighted by molar-refractivity contribution is 5.72. The summed E-state index contributed by atoms with van der Waals surface area (Å²) in [6, 6.07) is 12.1. The van der Waals surface area contributed by atoms with E-state index in [-0.39, 0.29) is 11.9 Å². The van der Waals surface area contributed by atoms with Crippen molar-refractivity contribution in [3.63, 3.8) is 0 Å². The summed E-state index contributed by atoms with van der Waals surface area (Å²) in [5.74, 6) is 1.70. The van der Waals surface area contributed by atoms with Gasteiger partial charge in [0.2, 0.25) is 0 Å². The summed E-state index contributed by atoms with van der Waals surface area (Å²) in [6.45, 7) is 3.61. The maximum absolute atomic E-state index is 13.6. The molecule has 2 N–H and O–H groups in total. The number of nitrogens with one attached hydrogen (secondary N) is 2. The van der Waals surface area contributed by atoms with E-state index in [1.807, 2.05) is 52.5 Å². The van der Waals surface area contributed by atoms with Crippen LogP contribution in [0.2, 0.25) is 0 Å². The van der Waals surface area contributed by atoms with Gasteiger partial charge in [0.1, 0.15) is 11.3 Å². The maximum Gasteiger partial charge on any atom is 0.173 e. The number of hydrogen-bond acceptors (Lipinski definition) is 6. The highest BCUT2D eigenvalue weighted by Gasteiger charge is 2.24. The SMILES string of the molecule is Cc1cc(Nc2nc(C(c3ccc(F)cc3)N(C)CCN(C)C)nn3cccc23)n[nH]1. The molecule has 1 unspecified atom stereocenters. The summed E-state index contributed by atoms with van der Waals surface area (Å²) in [4.78, 5) is 9.19. The number of anilines is 2. The molecule has 3 aromatic heterocycles. The number of aromatic nitrogens is 5. The predicted octanol–water partition coefficient (Wildman–Crippen LogP) is 3.23. The van der Waals surface area contributed by atoms with Crippen LogP contribution in [-0.2, 0) is 0 Å². The van der Waals surface area contributed by atoms with E-state index < -0.39 is 0 Å². The number of rotatable bonds is 8. The minimum absolute atomic E-state index is 0.242. The van der Waals surface area contributed by atoms with Crippen molar-refractivity contribution in [2.24, 2.45) is 0 Å². The summed E-state index contributed by atoms with van der Waals surface area (Å²) in [7, 11) is 6.11. The molecule has 1 atom stereocenters. The van der Waals surface area contributed by atoms with Crippen molar-refractivity contribution in [2.45, 2.75) is 13.0 Å². The highest BCUT2D eigenvalue weighted by atomic mass is 19.1. The van der Waals surface area contributed by atoms with Crippen molar-refractivity contribution in [1.82, 2.24) is 34.6 Å². The van der Waals surface area contributed by atoms with Crippen molar-refractivity contribution in [3.8, 4) is 0 Å². The van der Waals surface area contributed by atoms with Crippen molar-refractivity contribution in [2.75, 3.05) is 39.5 Å². The normalized spacial score (nSPS) is 12.7. The smallest absolute Gasteiger partial charge is 0.173 e.